The predicted octanol–water partition coefficient (Wildman–Crippen LogP) is 1.01. The first-order valence-electron chi connectivity index (χ1n) is 4.28. The summed E-state index contributed by atoms with van der Waals surface area (Å²) in [5.74, 6) is -0.472. The fourth-order valence-corrected chi connectivity index (χ4v) is 0.809. The lowest BCUT2D eigenvalue weighted by Crippen LogP contribution is -2.27. The molecular formula is C10H13NO3. The van der Waals surface area contributed by atoms with Crippen molar-refractivity contribution in [2.75, 3.05) is 6.61 Å². The van der Waals surface area contributed by atoms with E-state index in [1.807, 2.05) is 0 Å². The molecule has 1 aromatic rings. The molecule has 1 rings (SSSR count). The van der Waals surface area contributed by atoms with E-state index in [9.17, 15) is 9.90 Å². The number of hydrogen-bond donors (Lipinski definition) is 1. The van der Waals surface area contributed by atoms with Gasteiger partial charge < -0.3 is 9.84 Å². The highest BCUT2D eigenvalue weighted by atomic mass is 16.5. The maximum Gasteiger partial charge on any atom is 0.339 e. The molecule has 0 amide bonds. The molecule has 4 nitrogen and oxygen atoms in total. The Balaban J connectivity index is 2.52. The molecule has 0 aromatic carbocycles. The van der Waals surface area contributed by atoms with Crippen molar-refractivity contribution in [1.29, 1.82) is 0 Å². The van der Waals surface area contributed by atoms with E-state index in [0.717, 1.165) is 0 Å². The van der Waals surface area contributed by atoms with Crippen molar-refractivity contribution in [3.05, 3.63) is 30.1 Å². The number of hydrogen-bond acceptors (Lipinski definition) is 4. The van der Waals surface area contributed by atoms with Gasteiger partial charge in [-0.2, -0.15) is 0 Å². The van der Waals surface area contributed by atoms with E-state index in [4.69, 9.17) is 4.74 Å². The van der Waals surface area contributed by atoms with Crippen LogP contribution in [0.4, 0.5) is 0 Å². The highest BCUT2D eigenvalue weighted by Crippen LogP contribution is 2.04. The van der Waals surface area contributed by atoms with Crippen molar-refractivity contribution in [1.82, 2.24) is 4.98 Å². The molecule has 1 heterocycles. The molecule has 0 bridgehead atoms. The molecule has 0 radical (unpaired) electrons. The molecule has 0 aliphatic rings. The lowest BCUT2D eigenvalue weighted by atomic mass is 10.2. The normalized spacial score (nSPS) is 11.1. The summed E-state index contributed by atoms with van der Waals surface area (Å²) in [5, 5.41) is 9.32. The lowest BCUT2D eigenvalue weighted by molar-refractivity contribution is -0.0101. The van der Waals surface area contributed by atoms with Gasteiger partial charge in [-0.15, -0.1) is 0 Å². The molecule has 76 valence electrons. The second-order valence-corrected chi connectivity index (χ2v) is 3.63. The molecule has 1 aromatic heterocycles. The van der Waals surface area contributed by atoms with Crippen molar-refractivity contribution in [3.63, 3.8) is 0 Å². The zero-order valence-corrected chi connectivity index (χ0v) is 8.23. The maximum absolute atomic E-state index is 11.3. The third kappa shape index (κ3) is 3.53. The number of esters is 1. The molecule has 0 fully saturated rings. The summed E-state index contributed by atoms with van der Waals surface area (Å²) in [6.45, 7) is 3.12. The first kappa shape index (κ1) is 10.7. The van der Waals surface area contributed by atoms with E-state index in [2.05, 4.69) is 4.98 Å². The van der Waals surface area contributed by atoms with Crippen LogP contribution < -0.4 is 0 Å². The van der Waals surface area contributed by atoms with E-state index in [-0.39, 0.29) is 6.61 Å². The highest BCUT2D eigenvalue weighted by Gasteiger charge is 2.16. The predicted molar refractivity (Wildman–Crippen MR) is 50.8 cm³/mol. The number of carbonyl (C=O) groups excluding carboxylic acids is 1. The van der Waals surface area contributed by atoms with Crippen molar-refractivity contribution >= 4 is 5.97 Å². The molecule has 1 N–H and O–H groups in total. The molecule has 4 heteroatoms. The van der Waals surface area contributed by atoms with Crippen molar-refractivity contribution in [2.45, 2.75) is 19.4 Å². The Kier molecular flexibility index (Phi) is 3.19. The van der Waals surface area contributed by atoms with Crippen LogP contribution in [0.5, 0.6) is 0 Å². The van der Waals surface area contributed by atoms with E-state index in [1.54, 1.807) is 32.2 Å². The fraction of sp³-hybridized carbons (Fsp3) is 0.400. The van der Waals surface area contributed by atoms with E-state index in [1.165, 1.54) is 6.20 Å². The summed E-state index contributed by atoms with van der Waals surface area (Å²) in [4.78, 5) is 15.1. The third-order valence-corrected chi connectivity index (χ3v) is 1.45. The smallest absolute Gasteiger partial charge is 0.339 e. The average molecular weight is 195 g/mol. The van der Waals surface area contributed by atoms with Crippen molar-refractivity contribution < 1.29 is 14.6 Å². The van der Waals surface area contributed by atoms with Gasteiger partial charge in [-0.05, 0) is 26.0 Å². The number of ether oxygens (including phenoxy) is 1. The number of pyridine rings is 1. The number of carbonyl (C=O) groups is 1. The van der Waals surface area contributed by atoms with Crippen LogP contribution >= 0.6 is 0 Å². The van der Waals surface area contributed by atoms with E-state index < -0.39 is 11.6 Å². The minimum Gasteiger partial charge on any atom is -0.459 e. The van der Waals surface area contributed by atoms with Crippen LogP contribution in [0.25, 0.3) is 0 Å². The van der Waals surface area contributed by atoms with Gasteiger partial charge in [0.1, 0.15) is 6.61 Å². The quantitative estimate of drug-likeness (QED) is 0.731. The van der Waals surface area contributed by atoms with Crippen LogP contribution in [0.15, 0.2) is 24.5 Å². The topological polar surface area (TPSA) is 59.4 Å². The van der Waals surface area contributed by atoms with Crippen molar-refractivity contribution in [3.8, 4) is 0 Å². The van der Waals surface area contributed by atoms with Crippen molar-refractivity contribution in [2.24, 2.45) is 0 Å². The minimum absolute atomic E-state index is 0.0271. The lowest BCUT2D eigenvalue weighted by Gasteiger charge is -2.16. The summed E-state index contributed by atoms with van der Waals surface area (Å²) in [6.07, 6.45) is 3.00. The van der Waals surface area contributed by atoms with Crippen LogP contribution in [0.2, 0.25) is 0 Å². The fourth-order valence-electron chi connectivity index (χ4n) is 0.809. The maximum atomic E-state index is 11.3. The van der Waals surface area contributed by atoms with Crippen LogP contribution in [-0.4, -0.2) is 28.3 Å². The molecule has 0 unspecified atom stereocenters. The second kappa shape index (κ2) is 4.19. The summed E-state index contributed by atoms with van der Waals surface area (Å²) < 4.78 is 4.86. The van der Waals surface area contributed by atoms with Crippen LogP contribution in [0.3, 0.4) is 0 Å². The van der Waals surface area contributed by atoms with Gasteiger partial charge in [0, 0.05) is 12.4 Å². The Labute approximate surface area is 82.5 Å². The largest absolute Gasteiger partial charge is 0.459 e. The van der Waals surface area contributed by atoms with E-state index in [0.29, 0.717) is 5.56 Å². The molecular weight excluding hydrogens is 182 g/mol. The molecule has 0 aliphatic carbocycles. The Morgan fingerprint density at radius 2 is 2.36 bits per heavy atom. The highest BCUT2D eigenvalue weighted by molar-refractivity contribution is 5.88. The van der Waals surface area contributed by atoms with Gasteiger partial charge in [-0.3, -0.25) is 4.98 Å². The Hall–Kier alpha value is -1.42. The van der Waals surface area contributed by atoms with Crippen LogP contribution in [0, 0.1) is 0 Å². The summed E-state index contributed by atoms with van der Waals surface area (Å²) in [5.41, 5.74) is -0.616. The molecule has 0 saturated carbocycles. The standard InChI is InChI=1S/C10H13NO3/c1-10(2,13)7-14-9(12)8-4-3-5-11-6-8/h3-6,13H,7H2,1-2H3. The number of aliphatic hydroxyl groups is 1. The zero-order valence-electron chi connectivity index (χ0n) is 8.23. The first-order chi connectivity index (χ1) is 6.49. The number of rotatable bonds is 3. The van der Waals surface area contributed by atoms with Gasteiger partial charge in [0.2, 0.25) is 0 Å². The van der Waals surface area contributed by atoms with Crippen LogP contribution in [-0.2, 0) is 4.74 Å². The van der Waals surface area contributed by atoms with Crippen LogP contribution in [0.1, 0.15) is 24.2 Å². The SMILES string of the molecule is CC(C)(O)COC(=O)c1cccnc1. The van der Waals surface area contributed by atoms with Gasteiger partial charge in [0.15, 0.2) is 0 Å². The monoisotopic (exact) mass is 195 g/mol. The number of nitrogens with zero attached hydrogens (tertiary/aromatic N) is 1. The third-order valence-electron chi connectivity index (χ3n) is 1.45. The minimum atomic E-state index is -1.00. The van der Waals surface area contributed by atoms with Gasteiger partial charge >= 0.3 is 5.97 Å². The van der Waals surface area contributed by atoms with Gasteiger partial charge in [0.25, 0.3) is 0 Å². The van der Waals surface area contributed by atoms with Gasteiger partial charge in [0.05, 0.1) is 11.2 Å². The van der Waals surface area contributed by atoms with E-state index >= 15 is 0 Å². The molecule has 0 aliphatic heterocycles. The Morgan fingerprint density at radius 3 is 2.86 bits per heavy atom. The Morgan fingerprint density at radius 1 is 1.64 bits per heavy atom. The number of aromatic nitrogens is 1. The molecule has 0 atom stereocenters. The summed E-state index contributed by atoms with van der Waals surface area (Å²) in [7, 11) is 0. The first-order valence-corrected chi connectivity index (χ1v) is 4.28. The molecule has 14 heavy (non-hydrogen) atoms. The molecule has 0 spiro atoms. The van der Waals surface area contributed by atoms with Gasteiger partial charge in [-0.1, -0.05) is 0 Å². The van der Waals surface area contributed by atoms with Gasteiger partial charge in [-0.25, -0.2) is 4.79 Å². The second-order valence-electron chi connectivity index (χ2n) is 3.63. The Bertz CT molecular complexity index is 303. The summed E-state index contributed by atoms with van der Waals surface area (Å²) in [6, 6.07) is 3.26. The zero-order chi connectivity index (χ0) is 10.6. The summed E-state index contributed by atoms with van der Waals surface area (Å²) >= 11 is 0. The molecule has 0 saturated heterocycles. The average Bonchev–Trinajstić information content (AvgIpc) is 2.14.